The molecule has 1 amide bonds. The average Bonchev–Trinajstić information content (AvgIpc) is 2.82. The Hall–Kier alpha value is -2.03. The number of hydrogen-bond acceptors (Lipinski definition) is 2. The summed E-state index contributed by atoms with van der Waals surface area (Å²) in [5.74, 6) is 0.294. The van der Waals surface area contributed by atoms with E-state index in [2.05, 4.69) is 0 Å². The summed E-state index contributed by atoms with van der Waals surface area (Å²) < 4.78 is 5.30. The second kappa shape index (κ2) is 5.89. The van der Waals surface area contributed by atoms with E-state index in [1.807, 2.05) is 45.0 Å². The fraction of sp³-hybridized carbons (Fsp3) is 0.214. The van der Waals surface area contributed by atoms with Crippen LogP contribution in [-0.4, -0.2) is 5.91 Å². The van der Waals surface area contributed by atoms with Crippen LogP contribution in [0.15, 0.2) is 40.8 Å². The van der Waals surface area contributed by atoms with Gasteiger partial charge in [0.15, 0.2) is 5.76 Å². The highest BCUT2D eigenvalue weighted by atomic mass is 16.3. The van der Waals surface area contributed by atoms with Crippen LogP contribution in [0.5, 0.6) is 0 Å². The van der Waals surface area contributed by atoms with Crippen LogP contribution in [-0.2, 0) is 0 Å². The Kier molecular flexibility index (Phi) is 4.52. The van der Waals surface area contributed by atoms with Crippen LogP contribution in [0.25, 0.3) is 11.3 Å². The SMILES string of the molecule is CC.Cc1ccc(-c2ccc(C(N)=O)o2)cc1. The first-order valence-electron chi connectivity index (χ1n) is 5.63. The van der Waals surface area contributed by atoms with Crippen LogP contribution in [0, 0.1) is 6.92 Å². The van der Waals surface area contributed by atoms with Gasteiger partial charge in [0.25, 0.3) is 5.91 Å². The van der Waals surface area contributed by atoms with Crippen molar-refractivity contribution in [1.29, 1.82) is 0 Å². The summed E-state index contributed by atoms with van der Waals surface area (Å²) in [6, 6.07) is 11.2. The number of nitrogens with two attached hydrogens (primary N) is 1. The van der Waals surface area contributed by atoms with E-state index in [1.165, 1.54) is 5.56 Å². The van der Waals surface area contributed by atoms with Crippen molar-refractivity contribution in [1.82, 2.24) is 0 Å². The van der Waals surface area contributed by atoms with Gasteiger partial charge in [-0.15, -0.1) is 0 Å². The van der Waals surface area contributed by atoms with Crippen molar-refractivity contribution in [3.63, 3.8) is 0 Å². The molecule has 0 bridgehead atoms. The van der Waals surface area contributed by atoms with Crippen LogP contribution in [0.4, 0.5) is 0 Å². The summed E-state index contributed by atoms with van der Waals surface area (Å²) in [7, 11) is 0. The summed E-state index contributed by atoms with van der Waals surface area (Å²) in [5, 5.41) is 0. The van der Waals surface area contributed by atoms with Crippen molar-refractivity contribution in [3.8, 4) is 11.3 Å². The Bertz CT molecular complexity index is 483. The summed E-state index contributed by atoms with van der Waals surface area (Å²) in [4.78, 5) is 10.8. The third-order valence-electron chi connectivity index (χ3n) is 2.18. The van der Waals surface area contributed by atoms with Crippen LogP contribution in [0.3, 0.4) is 0 Å². The second-order valence-electron chi connectivity index (χ2n) is 3.39. The molecule has 2 aromatic rings. The minimum absolute atomic E-state index is 0.186. The zero-order valence-electron chi connectivity index (χ0n) is 10.4. The lowest BCUT2D eigenvalue weighted by molar-refractivity contribution is 0.0974. The van der Waals surface area contributed by atoms with E-state index < -0.39 is 5.91 Å². The Morgan fingerprint density at radius 1 is 1.06 bits per heavy atom. The van der Waals surface area contributed by atoms with Crippen LogP contribution < -0.4 is 5.73 Å². The Morgan fingerprint density at radius 2 is 1.65 bits per heavy atom. The first kappa shape index (κ1) is 13.0. The van der Waals surface area contributed by atoms with Crippen LogP contribution in [0.1, 0.15) is 30.0 Å². The van der Waals surface area contributed by atoms with Gasteiger partial charge in [-0.05, 0) is 19.1 Å². The molecule has 0 aliphatic carbocycles. The highest BCUT2D eigenvalue weighted by Gasteiger charge is 2.07. The lowest BCUT2D eigenvalue weighted by Crippen LogP contribution is -2.09. The normalized spacial score (nSPS) is 9.35. The molecule has 90 valence electrons. The van der Waals surface area contributed by atoms with Crippen LogP contribution in [0.2, 0.25) is 0 Å². The van der Waals surface area contributed by atoms with E-state index in [4.69, 9.17) is 10.2 Å². The minimum Gasteiger partial charge on any atom is -0.451 e. The monoisotopic (exact) mass is 231 g/mol. The van der Waals surface area contributed by atoms with Gasteiger partial charge >= 0.3 is 0 Å². The summed E-state index contributed by atoms with van der Waals surface area (Å²) in [6.07, 6.45) is 0. The number of carbonyl (C=O) groups excluding carboxylic acids is 1. The predicted octanol–water partition coefficient (Wildman–Crippen LogP) is 3.38. The van der Waals surface area contributed by atoms with Crippen molar-refractivity contribution in [2.75, 3.05) is 0 Å². The summed E-state index contributed by atoms with van der Waals surface area (Å²) in [6.45, 7) is 6.01. The number of hydrogen-bond donors (Lipinski definition) is 1. The molecule has 0 spiro atoms. The first-order valence-corrected chi connectivity index (χ1v) is 5.63. The molecule has 0 unspecified atom stereocenters. The standard InChI is InChI=1S/C12H11NO2.C2H6/c1-8-2-4-9(5-3-8)10-6-7-11(15-10)12(13)14;1-2/h2-7H,1H3,(H2,13,14);1-2H3. The van der Waals surface area contributed by atoms with Crippen molar-refractivity contribution in [3.05, 3.63) is 47.7 Å². The summed E-state index contributed by atoms with van der Waals surface area (Å²) >= 11 is 0. The number of furan rings is 1. The van der Waals surface area contributed by atoms with E-state index in [1.54, 1.807) is 12.1 Å². The van der Waals surface area contributed by atoms with E-state index in [-0.39, 0.29) is 5.76 Å². The molecule has 0 radical (unpaired) electrons. The van der Waals surface area contributed by atoms with Gasteiger partial charge in [-0.1, -0.05) is 43.7 Å². The topological polar surface area (TPSA) is 56.2 Å². The molecule has 1 aromatic heterocycles. The van der Waals surface area contributed by atoms with Gasteiger partial charge in [0, 0.05) is 5.56 Å². The molecule has 0 atom stereocenters. The molecule has 2 N–H and O–H groups in total. The van der Waals surface area contributed by atoms with Gasteiger partial charge < -0.3 is 10.2 Å². The largest absolute Gasteiger partial charge is 0.451 e. The quantitative estimate of drug-likeness (QED) is 0.861. The first-order chi connectivity index (χ1) is 8.16. The number of rotatable bonds is 2. The van der Waals surface area contributed by atoms with E-state index in [0.717, 1.165) is 5.56 Å². The van der Waals surface area contributed by atoms with E-state index >= 15 is 0 Å². The molecule has 0 saturated carbocycles. The molecule has 0 aliphatic heterocycles. The zero-order valence-corrected chi connectivity index (χ0v) is 10.4. The molecule has 0 fully saturated rings. The molecular weight excluding hydrogens is 214 g/mol. The molecule has 3 heteroatoms. The molecule has 1 heterocycles. The molecular formula is C14H17NO2. The Morgan fingerprint density at radius 3 is 2.12 bits per heavy atom. The summed E-state index contributed by atoms with van der Waals surface area (Å²) in [5.41, 5.74) is 7.22. The van der Waals surface area contributed by atoms with Crippen molar-refractivity contribution < 1.29 is 9.21 Å². The Balaban J connectivity index is 0.000000686. The zero-order chi connectivity index (χ0) is 12.8. The number of benzene rings is 1. The molecule has 17 heavy (non-hydrogen) atoms. The van der Waals surface area contributed by atoms with E-state index in [9.17, 15) is 4.79 Å². The van der Waals surface area contributed by atoms with Gasteiger partial charge in [0.1, 0.15) is 5.76 Å². The predicted molar refractivity (Wildman–Crippen MR) is 68.7 cm³/mol. The smallest absolute Gasteiger partial charge is 0.284 e. The fourth-order valence-electron chi connectivity index (χ4n) is 1.34. The van der Waals surface area contributed by atoms with E-state index in [0.29, 0.717) is 5.76 Å². The number of aryl methyl sites for hydroxylation is 1. The maximum absolute atomic E-state index is 10.8. The lowest BCUT2D eigenvalue weighted by atomic mass is 10.1. The third kappa shape index (κ3) is 3.21. The maximum atomic E-state index is 10.8. The van der Waals surface area contributed by atoms with Gasteiger partial charge in [-0.2, -0.15) is 0 Å². The van der Waals surface area contributed by atoms with Crippen molar-refractivity contribution in [2.45, 2.75) is 20.8 Å². The molecule has 1 aromatic carbocycles. The van der Waals surface area contributed by atoms with Crippen molar-refractivity contribution in [2.24, 2.45) is 5.73 Å². The minimum atomic E-state index is -0.548. The lowest BCUT2D eigenvalue weighted by Gasteiger charge is -1.97. The van der Waals surface area contributed by atoms with Gasteiger partial charge in [-0.25, -0.2) is 0 Å². The number of amides is 1. The van der Waals surface area contributed by atoms with Gasteiger partial charge in [0.05, 0.1) is 0 Å². The molecule has 0 aliphatic rings. The average molecular weight is 231 g/mol. The highest BCUT2D eigenvalue weighted by Crippen LogP contribution is 2.22. The van der Waals surface area contributed by atoms with Gasteiger partial charge in [0.2, 0.25) is 0 Å². The molecule has 0 saturated heterocycles. The van der Waals surface area contributed by atoms with Crippen LogP contribution >= 0.6 is 0 Å². The fourth-order valence-corrected chi connectivity index (χ4v) is 1.34. The Labute approximate surface area is 101 Å². The maximum Gasteiger partial charge on any atom is 0.284 e. The third-order valence-corrected chi connectivity index (χ3v) is 2.18. The number of primary amides is 1. The van der Waals surface area contributed by atoms with Crippen molar-refractivity contribution >= 4 is 5.91 Å². The highest BCUT2D eigenvalue weighted by molar-refractivity contribution is 5.90. The number of carbonyl (C=O) groups is 1. The molecule has 2 rings (SSSR count). The van der Waals surface area contributed by atoms with Gasteiger partial charge in [-0.3, -0.25) is 4.79 Å². The molecule has 3 nitrogen and oxygen atoms in total. The second-order valence-corrected chi connectivity index (χ2v) is 3.39.